The number of imidazole rings is 1. The molecule has 0 aliphatic rings. The van der Waals surface area contributed by atoms with E-state index in [0.717, 1.165) is 17.8 Å². The Kier molecular flexibility index (Phi) is 2.11. The normalized spacial score (nSPS) is 11.0. The lowest BCUT2D eigenvalue weighted by atomic mass is 10.3. The van der Waals surface area contributed by atoms with Gasteiger partial charge in [-0.3, -0.25) is 0 Å². The fourth-order valence-corrected chi connectivity index (χ4v) is 2.33. The van der Waals surface area contributed by atoms with Crippen molar-refractivity contribution in [3.63, 3.8) is 0 Å². The van der Waals surface area contributed by atoms with Crippen molar-refractivity contribution in [1.29, 1.82) is 0 Å². The topological polar surface area (TPSA) is 67.6 Å². The Balaban J connectivity index is 1.99. The molecular weight excluding hydrogens is 220 g/mol. The molecule has 4 nitrogen and oxygen atoms in total. The number of hydrogen-bond acceptors (Lipinski definition) is 4. The van der Waals surface area contributed by atoms with Gasteiger partial charge in [-0.15, -0.1) is 11.3 Å². The summed E-state index contributed by atoms with van der Waals surface area (Å²) >= 11 is 1.73. The number of hydrogen-bond donors (Lipinski definition) is 2. The molecule has 0 fully saturated rings. The van der Waals surface area contributed by atoms with Gasteiger partial charge in [0.05, 0.1) is 5.52 Å². The first-order chi connectivity index (χ1) is 7.81. The summed E-state index contributed by atoms with van der Waals surface area (Å²) < 4.78 is 0. The monoisotopic (exact) mass is 230 g/mol. The molecule has 0 aromatic carbocycles. The molecule has 0 saturated carbocycles. The Morgan fingerprint density at radius 1 is 1.25 bits per heavy atom. The molecule has 0 aliphatic heterocycles. The standard InChI is InChI=1S/C11H10N4S/c12-9-4-3-8-11(14-9)15-10(13-8)6-7-2-1-5-16-7/h1-5H,6H2,(H3,12,13,14,15). The van der Waals surface area contributed by atoms with Crippen molar-refractivity contribution < 1.29 is 0 Å². The number of nitrogen functional groups attached to an aromatic ring is 1. The highest BCUT2D eigenvalue weighted by molar-refractivity contribution is 7.09. The van der Waals surface area contributed by atoms with E-state index in [-0.39, 0.29) is 0 Å². The lowest BCUT2D eigenvalue weighted by Crippen LogP contribution is -1.89. The van der Waals surface area contributed by atoms with Crippen LogP contribution in [0.5, 0.6) is 0 Å². The molecule has 0 radical (unpaired) electrons. The van der Waals surface area contributed by atoms with Gasteiger partial charge in [-0.2, -0.15) is 0 Å². The zero-order valence-electron chi connectivity index (χ0n) is 8.47. The van der Waals surface area contributed by atoms with Crippen molar-refractivity contribution in [3.8, 4) is 0 Å². The van der Waals surface area contributed by atoms with E-state index in [0.29, 0.717) is 11.5 Å². The average Bonchev–Trinajstić information content (AvgIpc) is 2.86. The summed E-state index contributed by atoms with van der Waals surface area (Å²) in [5.41, 5.74) is 7.22. The van der Waals surface area contributed by atoms with Gasteiger partial charge in [0, 0.05) is 11.3 Å². The van der Waals surface area contributed by atoms with Crippen LogP contribution in [0.4, 0.5) is 5.82 Å². The average molecular weight is 230 g/mol. The molecule has 5 heteroatoms. The van der Waals surface area contributed by atoms with Crippen molar-refractivity contribution in [3.05, 3.63) is 40.3 Å². The number of H-pyrrole nitrogens is 1. The van der Waals surface area contributed by atoms with Gasteiger partial charge in [-0.1, -0.05) is 6.07 Å². The van der Waals surface area contributed by atoms with E-state index in [1.807, 2.05) is 12.1 Å². The van der Waals surface area contributed by atoms with Gasteiger partial charge < -0.3 is 10.7 Å². The molecule has 0 unspecified atom stereocenters. The molecule has 0 saturated heterocycles. The summed E-state index contributed by atoms with van der Waals surface area (Å²) in [4.78, 5) is 13.1. The zero-order chi connectivity index (χ0) is 11.0. The van der Waals surface area contributed by atoms with Gasteiger partial charge in [0.25, 0.3) is 0 Å². The Morgan fingerprint density at radius 2 is 2.19 bits per heavy atom. The van der Waals surface area contributed by atoms with Gasteiger partial charge in [0.15, 0.2) is 5.65 Å². The molecule has 80 valence electrons. The van der Waals surface area contributed by atoms with E-state index in [1.165, 1.54) is 4.88 Å². The zero-order valence-corrected chi connectivity index (χ0v) is 9.29. The highest BCUT2D eigenvalue weighted by Gasteiger charge is 2.05. The third kappa shape index (κ3) is 1.65. The predicted molar refractivity (Wildman–Crippen MR) is 65.4 cm³/mol. The predicted octanol–water partition coefficient (Wildman–Crippen LogP) is 2.19. The van der Waals surface area contributed by atoms with Crippen molar-refractivity contribution in [2.24, 2.45) is 0 Å². The SMILES string of the molecule is Nc1ccc2[nH]c(Cc3cccs3)nc2n1. The number of pyridine rings is 1. The number of thiophene rings is 1. The van der Waals surface area contributed by atoms with E-state index in [9.17, 15) is 0 Å². The minimum absolute atomic E-state index is 0.502. The van der Waals surface area contributed by atoms with Crippen molar-refractivity contribution in [2.45, 2.75) is 6.42 Å². The van der Waals surface area contributed by atoms with E-state index >= 15 is 0 Å². The van der Waals surface area contributed by atoms with Crippen LogP contribution < -0.4 is 5.73 Å². The van der Waals surface area contributed by atoms with Crippen LogP contribution in [0, 0.1) is 0 Å². The van der Waals surface area contributed by atoms with E-state index in [4.69, 9.17) is 5.73 Å². The molecule has 3 rings (SSSR count). The Bertz CT molecular complexity index is 612. The van der Waals surface area contributed by atoms with Crippen LogP contribution in [0.15, 0.2) is 29.6 Å². The lowest BCUT2D eigenvalue weighted by molar-refractivity contribution is 1.05. The van der Waals surface area contributed by atoms with Crippen LogP contribution >= 0.6 is 11.3 Å². The molecule has 0 bridgehead atoms. The van der Waals surface area contributed by atoms with Crippen molar-refractivity contribution in [1.82, 2.24) is 15.0 Å². The Hall–Kier alpha value is -1.88. The summed E-state index contributed by atoms with van der Waals surface area (Å²) in [6.07, 6.45) is 0.813. The fraction of sp³-hybridized carbons (Fsp3) is 0.0909. The maximum atomic E-state index is 5.61. The maximum absolute atomic E-state index is 5.61. The number of rotatable bonds is 2. The van der Waals surface area contributed by atoms with Crippen molar-refractivity contribution in [2.75, 3.05) is 5.73 Å². The Labute approximate surface area is 96.2 Å². The second-order valence-corrected chi connectivity index (χ2v) is 4.58. The second-order valence-electron chi connectivity index (χ2n) is 3.55. The third-order valence-corrected chi connectivity index (χ3v) is 3.21. The van der Waals surface area contributed by atoms with Crippen LogP contribution in [0.25, 0.3) is 11.2 Å². The molecule has 0 atom stereocenters. The number of nitrogens with two attached hydrogens (primary N) is 1. The minimum Gasteiger partial charge on any atom is -0.384 e. The van der Waals surface area contributed by atoms with Gasteiger partial charge in [0.2, 0.25) is 0 Å². The largest absolute Gasteiger partial charge is 0.384 e. The molecule has 3 N–H and O–H groups in total. The number of anilines is 1. The first-order valence-corrected chi connectivity index (χ1v) is 5.83. The van der Waals surface area contributed by atoms with Crippen LogP contribution in [0.1, 0.15) is 10.7 Å². The smallest absolute Gasteiger partial charge is 0.179 e. The van der Waals surface area contributed by atoms with E-state index in [1.54, 1.807) is 17.4 Å². The fourth-order valence-electron chi connectivity index (χ4n) is 1.62. The second kappa shape index (κ2) is 3.61. The molecule has 16 heavy (non-hydrogen) atoms. The van der Waals surface area contributed by atoms with Crippen LogP contribution in [-0.2, 0) is 6.42 Å². The van der Waals surface area contributed by atoms with Crippen LogP contribution in [0.3, 0.4) is 0 Å². The molecule has 0 spiro atoms. The highest BCUT2D eigenvalue weighted by atomic mass is 32.1. The molecule has 0 amide bonds. The summed E-state index contributed by atoms with van der Waals surface area (Å²) in [6.45, 7) is 0. The van der Waals surface area contributed by atoms with Gasteiger partial charge in [-0.25, -0.2) is 9.97 Å². The van der Waals surface area contributed by atoms with Crippen LogP contribution in [0.2, 0.25) is 0 Å². The summed E-state index contributed by atoms with van der Waals surface area (Å²) in [7, 11) is 0. The first-order valence-electron chi connectivity index (χ1n) is 4.95. The highest BCUT2D eigenvalue weighted by Crippen LogP contribution is 2.16. The van der Waals surface area contributed by atoms with Gasteiger partial charge in [0.1, 0.15) is 11.6 Å². The summed E-state index contributed by atoms with van der Waals surface area (Å²) in [5.74, 6) is 1.43. The summed E-state index contributed by atoms with van der Waals surface area (Å²) in [5, 5.41) is 2.06. The molecule has 3 heterocycles. The Morgan fingerprint density at radius 3 is 3.00 bits per heavy atom. The molecule has 0 aliphatic carbocycles. The maximum Gasteiger partial charge on any atom is 0.179 e. The van der Waals surface area contributed by atoms with Crippen LogP contribution in [-0.4, -0.2) is 15.0 Å². The molecule has 3 aromatic heterocycles. The van der Waals surface area contributed by atoms with Gasteiger partial charge in [-0.05, 0) is 23.6 Å². The quantitative estimate of drug-likeness (QED) is 0.709. The first kappa shape index (κ1) is 9.35. The number of fused-ring (bicyclic) bond motifs is 1. The van der Waals surface area contributed by atoms with E-state index < -0.39 is 0 Å². The van der Waals surface area contributed by atoms with E-state index in [2.05, 4.69) is 26.4 Å². The molecule has 3 aromatic rings. The number of aromatic nitrogens is 3. The molecular formula is C11H10N4S. The van der Waals surface area contributed by atoms with Gasteiger partial charge >= 0.3 is 0 Å². The minimum atomic E-state index is 0.502. The van der Waals surface area contributed by atoms with Crippen molar-refractivity contribution >= 4 is 28.3 Å². The number of aromatic amines is 1. The number of nitrogens with zero attached hydrogens (tertiary/aromatic N) is 2. The lowest BCUT2D eigenvalue weighted by Gasteiger charge is -1.90. The third-order valence-electron chi connectivity index (χ3n) is 2.34. The summed E-state index contributed by atoms with van der Waals surface area (Å²) in [6, 6.07) is 7.82. The number of nitrogens with one attached hydrogen (secondary N) is 1.